The van der Waals surface area contributed by atoms with Gasteiger partial charge in [-0.25, -0.2) is 14.6 Å². The minimum Gasteiger partial charge on any atom is -0.465 e. The van der Waals surface area contributed by atoms with Gasteiger partial charge in [0.2, 0.25) is 0 Å². The number of carbonyl (C=O) groups excluding carboxylic acids is 2. The maximum atomic E-state index is 13.1. The van der Waals surface area contributed by atoms with Crippen LogP contribution in [-0.2, 0) is 17.8 Å². The number of amides is 1. The van der Waals surface area contributed by atoms with Crippen LogP contribution in [0.2, 0.25) is 0 Å². The van der Waals surface area contributed by atoms with Crippen LogP contribution in [0.4, 0.5) is 0 Å². The fraction of sp³-hybridized carbons (Fsp3) is 0.348. The van der Waals surface area contributed by atoms with Crippen molar-refractivity contribution in [1.29, 1.82) is 0 Å². The highest BCUT2D eigenvalue weighted by atomic mass is 16.5. The second-order valence-corrected chi connectivity index (χ2v) is 7.73. The van der Waals surface area contributed by atoms with E-state index in [0.29, 0.717) is 24.2 Å². The topological polar surface area (TPSA) is 123 Å². The molecule has 0 aliphatic carbocycles. The van der Waals surface area contributed by atoms with Crippen LogP contribution in [0.3, 0.4) is 0 Å². The van der Waals surface area contributed by atoms with E-state index in [1.54, 1.807) is 30.3 Å². The van der Waals surface area contributed by atoms with Gasteiger partial charge in [-0.1, -0.05) is 32.9 Å². The predicted octanol–water partition coefficient (Wildman–Crippen LogP) is 2.33. The zero-order chi connectivity index (χ0) is 23.4. The fourth-order valence-corrected chi connectivity index (χ4v) is 3.35. The van der Waals surface area contributed by atoms with Crippen LogP contribution in [0, 0.1) is 0 Å². The lowest BCUT2D eigenvalue weighted by atomic mass is 10.0. The first-order valence-electron chi connectivity index (χ1n) is 10.4. The van der Waals surface area contributed by atoms with Crippen molar-refractivity contribution in [3.8, 4) is 0 Å². The van der Waals surface area contributed by atoms with Crippen molar-refractivity contribution in [3.63, 3.8) is 0 Å². The molecule has 0 fully saturated rings. The van der Waals surface area contributed by atoms with Crippen LogP contribution >= 0.6 is 0 Å². The number of aromatic amines is 1. The average Bonchev–Trinajstić information content (AvgIpc) is 2.79. The molecule has 9 heteroatoms. The summed E-state index contributed by atoms with van der Waals surface area (Å²) in [6.07, 6.45) is 0.664. The first-order chi connectivity index (χ1) is 15.3. The van der Waals surface area contributed by atoms with Gasteiger partial charge < -0.3 is 10.1 Å². The average molecular weight is 438 g/mol. The summed E-state index contributed by atoms with van der Waals surface area (Å²) in [7, 11) is 1.31. The van der Waals surface area contributed by atoms with Gasteiger partial charge in [-0.05, 0) is 36.1 Å². The number of hydrogen-bond acceptors (Lipinski definition) is 6. The zero-order valence-electron chi connectivity index (χ0n) is 18.5. The molecule has 2 N–H and O–H groups in total. The summed E-state index contributed by atoms with van der Waals surface area (Å²) in [6, 6.07) is 8.24. The molecular formula is C23H26N4O5. The van der Waals surface area contributed by atoms with E-state index in [2.05, 4.69) is 20.0 Å². The Kier molecular flexibility index (Phi) is 6.87. The van der Waals surface area contributed by atoms with Crippen LogP contribution in [0.15, 0.2) is 39.9 Å². The molecule has 0 aliphatic heterocycles. The first-order valence-corrected chi connectivity index (χ1v) is 10.4. The Balaban J connectivity index is 2.00. The maximum absolute atomic E-state index is 13.1. The number of pyridine rings is 1. The molecule has 0 saturated carbocycles. The molecular weight excluding hydrogens is 412 g/mol. The third-order valence-corrected chi connectivity index (χ3v) is 5.08. The molecule has 0 bridgehead atoms. The smallest absolute Gasteiger partial charge is 0.337 e. The predicted molar refractivity (Wildman–Crippen MR) is 120 cm³/mol. The Bertz CT molecular complexity index is 1270. The van der Waals surface area contributed by atoms with Crippen molar-refractivity contribution in [2.45, 2.75) is 46.2 Å². The Morgan fingerprint density at radius 3 is 2.47 bits per heavy atom. The van der Waals surface area contributed by atoms with Gasteiger partial charge in [0.15, 0.2) is 5.65 Å². The molecule has 0 aliphatic rings. The molecule has 3 aromatic rings. The van der Waals surface area contributed by atoms with Crippen molar-refractivity contribution in [2.24, 2.45) is 0 Å². The molecule has 1 amide bonds. The molecule has 168 valence electrons. The summed E-state index contributed by atoms with van der Waals surface area (Å²) in [5.41, 5.74) is 0.966. The monoisotopic (exact) mass is 438 g/mol. The van der Waals surface area contributed by atoms with E-state index in [0.717, 1.165) is 5.56 Å². The van der Waals surface area contributed by atoms with Crippen molar-refractivity contribution < 1.29 is 14.3 Å². The standard InChI is InChI=1S/C23H26N4O5/c1-5-10-27-19-18(21(29)26-23(27)31)16(11-17(25-19)13(2)3)20(28)24-12-14-6-8-15(9-7-14)22(30)32-4/h6-9,11,13H,5,10,12H2,1-4H3,(H,24,28)(H,26,29,31). The molecule has 0 spiro atoms. The van der Waals surface area contributed by atoms with Gasteiger partial charge >= 0.3 is 11.7 Å². The number of aryl methyl sites for hydroxylation is 1. The lowest BCUT2D eigenvalue weighted by molar-refractivity contribution is 0.0600. The quantitative estimate of drug-likeness (QED) is 0.546. The molecule has 0 radical (unpaired) electrons. The van der Waals surface area contributed by atoms with E-state index < -0.39 is 23.1 Å². The van der Waals surface area contributed by atoms with Gasteiger partial charge in [-0.15, -0.1) is 0 Å². The Morgan fingerprint density at radius 1 is 1.19 bits per heavy atom. The maximum Gasteiger partial charge on any atom is 0.337 e. The summed E-state index contributed by atoms with van der Waals surface area (Å²) in [4.78, 5) is 56.5. The van der Waals surface area contributed by atoms with E-state index in [9.17, 15) is 19.2 Å². The second kappa shape index (κ2) is 9.59. The van der Waals surface area contributed by atoms with Gasteiger partial charge in [0.25, 0.3) is 11.5 Å². The number of nitrogens with zero attached hydrogens (tertiary/aromatic N) is 2. The molecule has 3 rings (SSSR count). The highest BCUT2D eigenvalue weighted by molar-refractivity contribution is 6.05. The van der Waals surface area contributed by atoms with Crippen LogP contribution in [0.25, 0.3) is 11.0 Å². The number of esters is 1. The lowest BCUT2D eigenvalue weighted by Gasteiger charge is -2.14. The Morgan fingerprint density at radius 2 is 1.88 bits per heavy atom. The van der Waals surface area contributed by atoms with E-state index in [1.165, 1.54) is 11.7 Å². The minimum absolute atomic E-state index is 0.0127. The number of benzene rings is 1. The molecule has 9 nitrogen and oxygen atoms in total. The largest absolute Gasteiger partial charge is 0.465 e. The molecule has 2 heterocycles. The molecule has 0 unspecified atom stereocenters. The number of methoxy groups -OCH3 is 1. The van der Waals surface area contributed by atoms with Gasteiger partial charge in [-0.3, -0.25) is 19.1 Å². The summed E-state index contributed by atoms with van der Waals surface area (Å²) in [5.74, 6) is -0.910. The van der Waals surface area contributed by atoms with E-state index in [4.69, 9.17) is 0 Å². The molecule has 32 heavy (non-hydrogen) atoms. The second-order valence-electron chi connectivity index (χ2n) is 7.73. The molecule has 0 atom stereocenters. The minimum atomic E-state index is -0.646. The van der Waals surface area contributed by atoms with Gasteiger partial charge in [0.05, 0.1) is 23.6 Å². The Labute approximate surface area is 184 Å². The van der Waals surface area contributed by atoms with Crippen LogP contribution in [0.5, 0.6) is 0 Å². The number of nitrogens with one attached hydrogen (secondary N) is 2. The highest BCUT2D eigenvalue weighted by Gasteiger charge is 2.20. The fourth-order valence-electron chi connectivity index (χ4n) is 3.35. The third kappa shape index (κ3) is 4.61. The van der Waals surface area contributed by atoms with Gasteiger partial charge in [0.1, 0.15) is 0 Å². The number of H-pyrrole nitrogens is 1. The Hall–Kier alpha value is -3.75. The van der Waals surface area contributed by atoms with Crippen LogP contribution in [0.1, 0.15) is 65.1 Å². The summed E-state index contributed by atoms with van der Waals surface area (Å²) < 4.78 is 6.07. The number of aromatic nitrogens is 3. The summed E-state index contributed by atoms with van der Waals surface area (Å²) in [5, 5.41) is 2.89. The van der Waals surface area contributed by atoms with E-state index in [-0.39, 0.29) is 29.1 Å². The van der Waals surface area contributed by atoms with Gasteiger partial charge in [0, 0.05) is 18.8 Å². The molecule has 1 aromatic carbocycles. The summed E-state index contributed by atoms with van der Waals surface area (Å²) in [6.45, 7) is 6.32. The van der Waals surface area contributed by atoms with Crippen LogP contribution < -0.4 is 16.6 Å². The normalized spacial score (nSPS) is 11.0. The zero-order valence-corrected chi connectivity index (χ0v) is 18.5. The molecule has 2 aromatic heterocycles. The van der Waals surface area contributed by atoms with Gasteiger partial charge in [-0.2, -0.15) is 0 Å². The van der Waals surface area contributed by atoms with Crippen molar-refractivity contribution >= 4 is 22.9 Å². The first kappa shape index (κ1) is 22.9. The van der Waals surface area contributed by atoms with E-state index >= 15 is 0 Å². The van der Waals surface area contributed by atoms with E-state index in [1.807, 2.05) is 20.8 Å². The number of hydrogen-bond donors (Lipinski definition) is 2. The lowest BCUT2D eigenvalue weighted by Crippen LogP contribution is -2.33. The summed E-state index contributed by atoms with van der Waals surface area (Å²) >= 11 is 0. The SMILES string of the molecule is CCCn1c(=O)[nH]c(=O)c2c(C(=O)NCc3ccc(C(=O)OC)cc3)cc(C(C)C)nc21. The van der Waals surface area contributed by atoms with Crippen LogP contribution in [-0.4, -0.2) is 33.5 Å². The van der Waals surface area contributed by atoms with Crippen molar-refractivity contribution in [3.05, 3.63) is 73.6 Å². The van der Waals surface area contributed by atoms with Crippen molar-refractivity contribution in [1.82, 2.24) is 19.9 Å². The third-order valence-electron chi connectivity index (χ3n) is 5.08. The number of ether oxygens (including phenoxy) is 1. The number of fused-ring (bicyclic) bond motifs is 1. The molecule has 0 saturated heterocycles. The number of rotatable bonds is 7. The number of carbonyl (C=O) groups is 2. The van der Waals surface area contributed by atoms with Crippen molar-refractivity contribution in [2.75, 3.05) is 7.11 Å². The highest BCUT2D eigenvalue weighted by Crippen LogP contribution is 2.20.